The summed E-state index contributed by atoms with van der Waals surface area (Å²) in [6, 6.07) is 21.0. The fourth-order valence-corrected chi connectivity index (χ4v) is 7.97. The van der Waals surface area contributed by atoms with E-state index in [1.54, 1.807) is 0 Å². The van der Waals surface area contributed by atoms with Crippen molar-refractivity contribution in [1.29, 1.82) is 0 Å². The summed E-state index contributed by atoms with van der Waals surface area (Å²) in [4.78, 5) is 0. The number of rotatable bonds is 6. The second-order valence-electron chi connectivity index (χ2n) is 8.26. The van der Waals surface area contributed by atoms with Crippen molar-refractivity contribution in [1.82, 2.24) is 0 Å². The highest BCUT2D eigenvalue weighted by Gasteiger charge is 2.39. The normalized spacial score (nSPS) is 20.1. The predicted octanol–water partition coefficient (Wildman–Crippen LogP) is 4.56. The lowest BCUT2D eigenvalue weighted by molar-refractivity contribution is -0.00397. The summed E-state index contributed by atoms with van der Waals surface area (Å²) in [5, 5.41) is 2.62. The van der Waals surface area contributed by atoms with E-state index in [0.29, 0.717) is 13.2 Å². The topological polar surface area (TPSA) is 44.8 Å². The summed E-state index contributed by atoms with van der Waals surface area (Å²) in [7, 11) is -5.62. The first-order valence-corrected chi connectivity index (χ1v) is 13.6. The zero-order valence-electron chi connectivity index (χ0n) is 17.0. The second-order valence-corrected chi connectivity index (χ2v) is 13.8. The average Bonchev–Trinajstić information content (AvgIpc) is 2.70. The number of hydrogen-bond donors (Lipinski definition) is 0. The van der Waals surface area contributed by atoms with Crippen molar-refractivity contribution in [3.05, 3.63) is 72.4 Å². The number of benzene rings is 2. The highest BCUT2D eigenvalue weighted by Crippen LogP contribution is 2.55. The van der Waals surface area contributed by atoms with Gasteiger partial charge in [-0.25, -0.2) is 4.57 Å². The summed E-state index contributed by atoms with van der Waals surface area (Å²) >= 11 is 0. The molecule has 1 saturated heterocycles. The third-order valence-electron chi connectivity index (χ3n) is 4.97. The summed E-state index contributed by atoms with van der Waals surface area (Å²) in [6.07, 6.45) is 1.60. The molecular formula is C22H29O4PSi. The number of phosphoric ester groups is 1. The van der Waals surface area contributed by atoms with E-state index in [1.807, 2.05) is 39.0 Å². The Labute approximate surface area is 169 Å². The molecule has 1 aliphatic heterocycles. The highest BCUT2D eigenvalue weighted by atomic mass is 31.2. The van der Waals surface area contributed by atoms with Gasteiger partial charge in [0.25, 0.3) is 0 Å². The zero-order chi connectivity index (χ0) is 20.3. The SMILES string of the molecule is CC(/C=C\[Si](C)(c1ccccc1)c1ccccc1)OP1(=O)OCC(C)(C)CO1. The van der Waals surface area contributed by atoms with Crippen LogP contribution in [0.3, 0.4) is 0 Å². The molecule has 1 fully saturated rings. The Morgan fingerprint density at radius 3 is 1.93 bits per heavy atom. The molecule has 6 heteroatoms. The summed E-state index contributed by atoms with van der Waals surface area (Å²) < 4.78 is 29.3. The third kappa shape index (κ3) is 5.10. The molecule has 0 aliphatic carbocycles. The van der Waals surface area contributed by atoms with E-state index in [-0.39, 0.29) is 11.5 Å². The van der Waals surface area contributed by atoms with Gasteiger partial charge in [-0.15, -0.1) is 0 Å². The molecule has 3 rings (SSSR count). The first-order chi connectivity index (χ1) is 13.2. The van der Waals surface area contributed by atoms with Gasteiger partial charge in [-0.1, -0.05) is 103 Å². The van der Waals surface area contributed by atoms with Crippen LogP contribution < -0.4 is 10.4 Å². The molecule has 1 heterocycles. The molecule has 0 spiro atoms. The first kappa shape index (κ1) is 21.2. The van der Waals surface area contributed by atoms with Crippen LogP contribution in [-0.2, 0) is 18.1 Å². The summed E-state index contributed by atoms with van der Waals surface area (Å²) in [5.41, 5.74) is 2.09. The molecule has 0 amide bonds. The van der Waals surface area contributed by atoms with E-state index >= 15 is 0 Å². The van der Waals surface area contributed by atoms with Crippen molar-refractivity contribution in [3.63, 3.8) is 0 Å². The van der Waals surface area contributed by atoms with Crippen molar-refractivity contribution < 1.29 is 18.1 Å². The van der Waals surface area contributed by atoms with E-state index < -0.39 is 15.9 Å². The van der Waals surface area contributed by atoms with E-state index in [4.69, 9.17) is 13.6 Å². The van der Waals surface area contributed by atoms with Crippen LogP contribution in [0.25, 0.3) is 0 Å². The van der Waals surface area contributed by atoms with Crippen molar-refractivity contribution in [2.24, 2.45) is 5.41 Å². The number of hydrogen-bond acceptors (Lipinski definition) is 4. The van der Waals surface area contributed by atoms with Gasteiger partial charge in [-0.05, 0) is 6.92 Å². The Balaban J connectivity index is 1.79. The van der Waals surface area contributed by atoms with Crippen LogP contribution in [0.5, 0.6) is 0 Å². The quantitative estimate of drug-likeness (QED) is 0.512. The Hall–Kier alpha value is -1.49. The van der Waals surface area contributed by atoms with Gasteiger partial charge in [0.05, 0.1) is 19.3 Å². The molecule has 0 saturated carbocycles. The molecule has 1 atom stereocenters. The van der Waals surface area contributed by atoms with Crippen molar-refractivity contribution in [3.8, 4) is 0 Å². The monoisotopic (exact) mass is 416 g/mol. The van der Waals surface area contributed by atoms with Gasteiger partial charge < -0.3 is 0 Å². The minimum atomic E-state index is -3.51. The van der Waals surface area contributed by atoms with E-state index in [9.17, 15) is 4.57 Å². The molecule has 2 aromatic rings. The maximum atomic E-state index is 12.7. The third-order valence-corrected chi connectivity index (χ3v) is 10.4. The van der Waals surface area contributed by atoms with Gasteiger partial charge in [-0.3, -0.25) is 13.6 Å². The molecule has 28 heavy (non-hydrogen) atoms. The van der Waals surface area contributed by atoms with Crippen LogP contribution in [0.1, 0.15) is 20.8 Å². The minimum Gasteiger partial charge on any atom is -0.286 e. The van der Waals surface area contributed by atoms with Crippen molar-refractivity contribution >= 4 is 26.3 Å². The number of phosphoric acid groups is 1. The highest BCUT2D eigenvalue weighted by molar-refractivity contribution is 7.48. The Bertz CT molecular complexity index is 798. The van der Waals surface area contributed by atoms with Crippen LogP contribution in [0, 0.1) is 5.41 Å². The molecular weight excluding hydrogens is 387 g/mol. The fraction of sp³-hybridized carbons (Fsp3) is 0.364. The first-order valence-electron chi connectivity index (χ1n) is 9.60. The molecule has 1 unspecified atom stereocenters. The lowest BCUT2D eigenvalue weighted by atomic mass is 9.97. The maximum Gasteiger partial charge on any atom is 0.475 e. The lowest BCUT2D eigenvalue weighted by Gasteiger charge is -2.33. The largest absolute Gasteiger partial charge is 0.475 e. The van der Waals surface area contributed by atoms with Crippen molar-refractivity contribution in [2.75, 3.05) is 13.2 Å². The van der Waals surface area contributed by atoms with Gasteiger partial charge in [0.2, 0.25) is 0 Å². The van der Waals surface area contributed by atoms with Gasteiger partial charge in [-0.2, -0.15) is 0 Å². The average molecular weight is 417 g/mol. The second kappa shape index (κ2) is 8.48. The Morgan fingerprint density at radius 1 is 1.00 bits per heavy atom. The summed E-state index contributed by atoms with van der Waals surface area (Å²) in [5.74, 6) is 0. The van der Waals surface area contributed by atoms with Gasteiger partial charge in [0.1, 0.15) is 8.07 Å². The Morgan fingerprint density at radius 2 is 1.46 bits per heavy atom. The van der Waals surface area contributed by atoms with Crippen LogP contribution >= 0.6 is 7.82 Å². The van der Waals surface area contributed by atoms with Crippen LogP contribution in [0.15, 0.2) is 72.4 Å². The van der Waals surface area contributed by atoms with Crippen LogP contribution in [0.2, 0.25) is 6.55 Å². The van der Waals surface area contributed by atoms with Crippen LogP contribution in [-0.4, -0.2) is 27.4 Å². The molecule has 4 nitrogen and oxygen atoms in total. The van der Waals surface area contributed by atoms with Gasteiger partial charge in [0.15, 0.2) is 0 Å². The molecule has 0 N–H and O–H groups in total. The molecule has 0 radical (unpaired) electrons. The lowest BCUT2D eigenvalue weighted by Crippen LogP contribution is -2.54. The van der Waals surface area contributed by atoms with E-state index in [1.165, 1.54) is 10.4 Å². The zero-order valence-corrected chi connectivity index (χ0v) is 18.9. The van der Waals surface area contributed by atoms with E-state index in [2.05, 4.69) is 60.8 Å². The van der Waals surface area contributed by atoms with Crippen molar-refractivity contribution in [2.45, 2.75) is 33.4 Å². The molecule has 150 valence electrons. The minimum absolute atomic E-state index is 0.150. The molecule has 0 bridgehead atoms. The Kier molecular flexibility index (Phi) is 6.43. The van der Waals surface area contributed by atoms with Gasteiger partial charge >= 0.3 is 7.82 Å². The predicted molar refractivity (Wildman–Crippen MR) is 117 cm³/mol. The van der Waals surface area contributed by atoms with Crippen LogP contribution in [0.4, 0.5) is 0 Å². The molecule has 1 aliphatic rings. The molecule has 0 aromatic heterocycles. The molecule has 2 aromatic carbocycles. The van der Waals surface area contributed by atoms with E-state index in [0.717, 1.165) is 0 Å². The van der Waals surface area contributed by atoms with Gasteiger partial charge in [0, 0.05) is 5.41 Å². The standard InChI is InChI=1S/C22H29O4PSi/c1-19(26-27(23)24-17-22(2,3)18-25-27)15-16-28(4,20-11-7-5-8-12-20)21-13-9-6-10-14-21/h5-16,19H,17-18H2,1-4H3/b16-15-. The summed E-state index contributed by atoms with van der Waals surface area (Å²) in [6.45, 7) is 8.92. The maximum absolute atomic E-state index is 12.7. The smallest absolute Gasteiger partial charge is 0.286 e. The fourth-order valence-electron chi connectivity index (χ4n) is 3.14.